The Morgan fingerprint density at radius 1 is 1.33 bits per heavy atom. The molecule has 0 aliphatic carbocycles. The average Bonchev–Trinajstić information content (AvgIpc) is 2.30. The van der Waals surface area contributed by atoms with Crippen LogP contribution in [0, 0.1) is 5.82 Å². The maximum absolute atomic E-state index is 13.3. The summed E-state index contributed by atoms with van der Waals surface area (Å²) in [6, 6.07) is 3.61. The molecule has 0 radical (unpaired) electrons. The van der Waals surface area contributed by atoms with Gasteiger partial charge in [-0.25, -0.2) is 9.18 Å². The summed E-state index contributed by atoms with van der Waals surface area (Å²) < 4.78 is 47.6. The topological polar surface area (TPSA) is 35.5 Å². The van der Waals surface area contributed by atoms with Crippen LogP contribution in [-0.2, 0) is 9.53 Å². The molecule has 1 aromatic rings. The zero-order chi connectivity index (χ0) is 13.9. The Balaban J connectivity index is 3.03. The minimum atomic E-state index is -4.22. The van der Waals surface area contributed by atoms with Crippen LogP contribution in [0.3, 0.4) is 0 Å². The first-order valence-electron chi connectivity index (χ1n) is 5.22. The Bertz CT molecular complexity index is 444. The summed E-state index contributed by atoms with van der Waals surface area (Å²) in [4.78, 5) is 10.7. The molecule has 0 aromatic heterocycles. The van der Waals surface area contributed by atoms with Crippen molar-refractivity contribution in [2.45, 2.75) is 25.9 Å². The Kier molecular flexibility index (Phi) is 4.21. The van der Waals surface area contributed by atoms with Gasteiger partial charge in [0.05, 0.1) is 7.11 Å². The minimum absolute atomic E-state index is 0.0136. The summed E-state index contributed by atoms with van der Waals surface area (Å²) in [6.07, 6.45) is -4.22. The minimum Gasteiger partial charge on any atom is -0.462 e. The molecule has 0 atom stereocenters. The van der Waals surface area contributed by atoms with Crippen LogP contribution in [0.1, 0.15) is 25.3 Å². The Morgan fingerprint density at radius 3 is 2.44 bits per heavy atom. The number of methoxy groups -OCH3 is 1. The second kappa shape index (κ2) is 5.29. The molecule has 6 heteroatoms. The lowest BCUT2D eigenvalue weighted by molar-refractivity contribution is -0.214. The van der Waals surface area contributed by atoms with Crippen molar-refractivity contribution in [2.24, 2.45) is 0 Å². The highest BCUT2D eigenvalue weighted by atomic mass is 19.3. The number of ether oxygens (including phenoxy) is 2. The molecule has 0 spiro atoms. The summed E-state index contributed by atoms with van der Waals surface area (Å²) >= 11 is 0. The number of carbonyl (C=O) groups excluding carboxylic acids is 1. The van der Waals surface area contributed by atoms with Crippen molar-refractivity contribution in [2.75, 3.05) is 7.11 Å². The maximum atomic E-state index is 13.3. The van der Waals surface area contributed by atoms with Crippen molar-refractivity contribution in [1.82, 2.24) is 0 Å². The van der Waals surface area contributed by atoms with Gasteiger partial charge in [0.25, 0.3) is 0 Å². The SMILES string of the molecule is COC(=O)C(F)(F)Oc1cc(C(C)C)ccc1F. The van der Waals surface area contributed by atoms with Crippen molar-refractivity contribution >= 4 is 5.97 Å². The fraction of sp³-hybridized carbons (Fsp3) is 0.417. The van der Waals surface area contributed by atoms with Gasteiger partial charge in [-0.15, -0.1) is 0 Å². The predicted octanol–water partition coefficient (Wildman–Crippen LogP) is 3.09. The standard InChI is InChI=1S/C12H13F3O3/c1-7(2)8-4-5-9(13)10(6-8)18-12(14,15)11(16)17-3/h4-7H,1-3H3. The van der Waals surface area contributed by atoms with Crippen LogP contribution in [0.5, 0.6) is 5.75 Å². The van der Waals surface area contributed by atoms with Crippen molar-refractivity contribution in [3.63, 3.8) is 0 Å². The van der Waals surface area contributed by atoms with Gasteiger partial charge in [-0.3, -0.25) is 0 Å². The van der Waals surface area contributed by atoms with Gasteiger partial charge >= 0.3 is 12.1 Å². The second-order valence-corrected chi connectivity index (χ2v) is 3.95. The third-order valence-corrected chi connectivity index (χ3v) is 2.28. The lowest BCUT2D eigenvalue weighted by Gasteiger charge is -2.16. The summed E-state index contributed by atoms with van der Waals surface area (Å²) in [5.41, 5.74) is 0.618. The largest absolute Gasteiger partial charge is 0.502 e. The molecular formula is C12H13F3O3. The lowest BCUT2D eigenvalue weighted by Crippen LogP contribution is -2.36. The van der Waals surface area contributed by atoms with E-state index in [1.807, 2.05) is 13.8 Å². The molecular weight excluding hydrogens is 249 g/mol. The van der Waals surface area contributed by atoms with Crippen molar-refractivity contribution in [1.29, 1.82) is 0 Å². The van der Waals surface area contributed by atoms with Crippen LogP contribution in [0.4, 0.5) is 13.2 Å². The highest BCUT2D eigenvalue weighted by molar-refractivity contribution is 5.76. The zero-order valence-electron chi connectivity index (χ0n) is 10.2. The third-order valence-electron chi connectivity index (χ3n) is 2.28. The first kappa shape index (κ1) is 14.3. The zero-order valence-corrected chi connectivity index (χ0v) is 10.2. The van der Waals surface area contributed by atoms with Gasteiger partial charge in [-0.2, -0.15) is 8.78 Å². The average molecular weight is 262 g/mol. The molecule has 100 valence electrons. The molecule has 18 heavy (non-hydrogen) atoms. The first-order valence-corrected chi connectivity index (χ1v) is 5.22. The highest BCUT2D eigenvalue weighted by Gasteiger charge is 2.44. The van der Waals surface area contributed by atoms with Gasteiger partial charge in [-0.1, -0.05) is 19.9 Å². The van der Waals surface area contributed by atoms with Crippen molar-refractivity contribution in [3.05, 3.63) is 29.6 Å². The van der Waals surface area contributed by atoms with Crippen LogP contribution in [0.25, 0.3) is 0 Å². The lowest BCUT2D eigenvalue weighted by atomic mass is 10.0. The van der Waals surface area contributed by atoms with E-state index in [9.17, 15) is 18.0 Å². The van der Waals surface area contributed by atoms with Gasteiger partial charge in [0.15, 0.2) is 11.6 Å². The fourth-order valence-corrected chi connectivity index (χ4v) is 1.26. The van der Waals surface area contributed by atoms with E-state index in [0.29, 0.717) is 5.56 Å². The third kappa shape index (κ3) is 3.15. The summed E-state index contributed by atoms with van der Waals surface area (Å²) in [7, 11) is 0.792. The molecule has 0 bridgehead atoms. The van der Waals surface area contributed by atoms with E-state index in [1.165, 1.54) is 6.07 Å². The first-order chi connectivity index (χ1) is 8.27. The van der Waals surface area contributed by atoms with E-state index >= 15 is 0 Å². The van der Waals surface area contributed by atoms with E-state index in [2.05, 4.69) is 9.47 Å². The Hall–Kier alpha value is -1.72. The Labute approximate surface area is 103 Å². The number of hydrogen-bond donors (Lipinski definition) is 0. The van der Waals surface area contributed by atoms with E-state index in [-0.39, 0.29) is 5.92 Å². The molecule has 0 saturated heterocycles. The number of halogens is 3. The van der Waals surface area contributed by atoms with Crippen molar-refractivity contribution in [3.8, 4) is 5.75 Å². The number of rotatable bonds is 4. The molecule has 0 heterocycles. The van der Waals surface area contributed by atoms with E-state index in [0.717, 1.165) is 19.2 Å². The van der Waals surface area contributed by atoms with Gasteiger partial charge in [0.2, 0.25) is 0 Å². The molecule has 0 aliphatic heterocycles. The number of esters is 1. The maximum Gasteiger partial charge on any atom is 0.502 e. The van der Waals surface area contributed by atoms with E-state index < -0.39 is 23.6 Å². The molecule has 1 rings (SSSR count). The normalized spacial score (nSPS) is 11.5. The number of alkyl halides is 2. The predicted molar refractivity (Wildman–Crippen MR) is 58.1 cm³/mol. The van der Waals surface area contributed by atoms with Gasteiger partial charge in [0.1, 0.15) is 0 Å². The fourth-order valence-electron chi connectivity index (χ4n) is 1.26. The molecule has 0 amide bonds. The number of hydrogen-bond acceptors (Lipinski definition) is 3. The highest BCUT2D eigenvalue weighted by Crippen LogP contribution is 2.28. The van der Waals surface area contributed by atoms with Crippen LogP contribution >= 0.6 is 0 Å². The quantitative estimate of drug-likeness (QED) is 0.782. The van der Waals surface area contributed by atoms with Crippen LogP contribution in [0.2, 0.25) is 0 Å². The molecule has 0 N–H and O–H groups in total. The second-order valence-electron chi connectivity index (χ2n) is 3.95. The Morgan fingerprint density at radius 2 is 1.94 bits per heavy atom. The van der Waals surface area contributed by atoms with E-state index in [1.54, 1.807) is 0 Å². The van der Waals surface area contributed by atoms with Crippen LogP contribution < -0.4 is 4.74 Å². The molecule has 0 aliphatic rings. The van der Waals surface area contributed by atoms with Crippen LogP contribution in [-0.4, -0.2) is 19.2 Å². The van der Waals surface area contributed by atoms with Gasteiger partial charge < -0.3 is 9.47 Å². The molecule has 0 fully saturated rings. The van der Waals surface area contributed by atoms with Crippen molar-refractivity contribution < 1.29 is 27.4 Å². The molecule has 3 nitrogen and oxygen atoms in total. The molecule has 1 aromatic carbocycles. The van der Waals surface area contributed by atoms with Gasteiger partial charge in [-0.05, 0) is 23.6 Å². The number of carbonyl (C=O) groups is 1. The molecule has 0 saturated carbocycles. The smallest absolute Gasteiger partial charge is 0.462 e. The van der Waals surface area contributed by atoms with E-state index in [4.69, 9.17) is 0 Å². The summed E-state index contributed by atoms with van der Waals surface area (Å²) in [5.74, 6) is -3.52. The monoisotopic (exact) mass is 262 g/mol. The van der Waals surface area contributed by atoms with Crippen LogP contribution in [0.15, 0.2) is 18.2 Å². The number of benzene rings is 1. The summed E-state index contributed by atoms with van der Waals surface area (Å²) in [5, 5.41) is 0. The summed E-state index contributed by atoms with van der Waals surface area (Å²) in [6.45, 7) is 3.63. The molecule has 0 unspecified atom stereocenters. The van der Waals surface area contributed by atoms with Gasteiger partial charge in [0, 0.05) is 0 Å².